The van der Waals surface area contributed by atoms with Crippen LogP contribution in [0.25, 0.3) is 10.2 Å². The maximum absolute atomic E-state index is 12.7. The van der Waals surface area contributed by atoms with Crippen LogP contribution in [-0.4, -0.2) is 24.1 Å². The summed E-state index contributed by atoms with van der Waals surface area (Å²) in [5.74, 6) is 0.293. The molecule has 3 aromatic rings. The number of nitrogens with zero attached hydrogens (tertiary/aromatic N) is 2. The second kappa shape index (κ2) is 7.65. The highest BCUT2D eigenvalue weighted by molar-refractivity contribution is 7.89. The maximum Gasteiger partial charge on any atom is 0.261 e. The number of nitrogens with two attached hydrogens (primary N) is 1. The number of primary sulfonamides is 1. The van der Waals surface area contributed by atoms with Gasteiger partial charge in [-0.15, -0.1) is 11.3 Å². The SMILES string of the molecule is Cc1nn(CC(C)C)c2sc(C(=O)N[C@@H](C)c3ccc(S(N)(=O)=O)cc3)cc12. The number of fused-ring (bicyclic) bond motifs is 1. The van der Waals surface area contributed by atoms with Crippen molar-refractivity contribution in [1.82, 2.24) is 15.1 Å². The summed E-state index contributed by atoms with van der Waals surface area (Å²) in [6, 6.07) is 7.79. The molecule has 2 aromatic heterocycles. The Balaban J connectivity index is 1.79. The van der Waals surface area contributed by atoms with Crippen LogP contribution in [-0.2, 0) is 16.6 Å². The van der Waals surface area contributed by atoms with Crippen LogP contribution < -0.4 is 10.5 Å². The summed E-state index contributed by atoms with van der Waals surface area (Å²) < 4.78 is 24.7. The number of hydrogen-bond donors (Lipinski definition) is 2. The highest BCUT2D eigenvalue weighted by atomic mass is 32.2. The average molecular weight is 421 g/mol. The Morgan fingerprint density at radius 3 is 2.46 bits per heavy atom. The fourth-order valence-electron chi connectivity index (χ4n) is 2.99. The second-order valence-electron chi connectivity index (χ2n) is 7.30. The van der Waals surface area contributed by atoms with Crippen LogP contribution in [0.15, 0.2) is 35.2 Å². The molecule has 0 saturated heterocycles. The lowest BCUT2D eigenvalue weighted by Gasteiger charge is -2.14. The summed E-state index contributed by atoms with van der Waals surface area (Å²) in [4.78, 5) is 14.4. The molecule has 0 radical (unpaired) electrons. The third kappa shape index (κ3) is 4.26. The van der Waals surface area contributed by atoms with Gasteiger partial charge >= 0.3 is 0 Å². The van der Waals surface area contributed by atoms with Crippen molar-refractivity contribution in [3.63, 3.8) is 0 Å². The number of benzene rings is 1. The molecule has 28 heavy (non-hydrogen) atoms. The van der Waals surface area contributed by atoms with E-state index in [1.54, 1.807) is 12.1 Å². The van der Waals surface area contributed by atoms with Crippen molar-refractivity contribution < 1.29 is 13.2 Å². The zero-order chi connectivity index (χ0) is 20.6. The molecule has 9 heteroatoms. The minimum atomic E-state index is -3.73. The highest BCUT2D eigenvalue weighted by Gasteiger charge is 2.19. The van der Waals surface area contributed by atoms with E-state index in [0.29, 0.717) is 10.8 Å². The number of rotatable bonds is 6. The third-order valence-corrected chi connectivity index (χ3v) is 6.50. The fourth-order valence-corrected chi connectivity index (χ4v) is 4.58. The molecule has 0 bridgehead atoms. The summed E-state index contributed by atoms with van der Waals surface area (Å²) in [5.41, 5.74) is 1.71. The Labute approximate surface area is 168 Å². The van der Waals surface area contributed by atoms with Crippen molar-refractivity contribution in [1.29, 1.82) is 0 Å². The van der Waals surface area contributed by atoms with E-state index >= 15 is 0 Å². The first-order chi connectivity index (χ1) is 13.1. The fraction of sp³-hybridized carbons (Fsp3) is 0.368. The molecule has 1 atom stereocenters. The van der Waals surface area contributed by atoms with Crippen LogP contribution in [0.3, 0.4) is 0 Å². The van der Waals surface area contributed by atoms with E-state index in [0.717, 1.165) is 28.0 Å². The summed E-state index contributed by atoms with van der Waals surface area (Å²) in [6.45, 7) is 8.87. The topological polar surface area (TPSA) is 107 Å². The number of carbonyl (C=O) groups excluding carboxylic acids is 1. The molecule has 1 aromatic carbocycles. The van der Waals surface area contributed by atoms with Crippen LogP contribution in [0, 0.1) is 12.8 Å². The molecule has 1 amide bonds. The largest absolute Gasteiger partial charge is 0.345 e. The molecule has 2 heterocycles. The summed E-state index contributed by atoms with van der Waals surface area (Å²) in [6.07, 6.45) is 0. The first kappa shape index (κ1) is 20.5. The van der Waals surface area contributed by atoms with E-state index in [-0.39, 0.29) is 16.8 Å². The molecule has 0 fully saturated rings. The van der Waals surface area contributed by atoms with Gasteiger partial charge in [0.1, 0.15) is 4.83 Å². The number of sulfonamides is 1. The van der Waals surface area contributed by atoms with E-state index in [1.165, 1.54) is 23.5 Å². The predicted molar refractivity (Wildman–Crippen MR) is 111 cm³/mol. The lowest BCUT2D eigenvalue weighted by molar-refractivity contribution is 0.0944. The predicted octanol–water partition coefficient (Wildman–Crippen LogP) is 3.20. The molecule has 7 nitrogen and oxygen atoms in total. The van der Waals surface area contributed by atoms with Crippen LogP contribution in [0.2, 0.25) is 0 Å². The zero-order valence-corrected chi connectivity index (χ0v) is 17.9. The van der Waals surface area contributed by atoms with Crippen LogP contribution >= 0.6 is 11.3 Å². The number of aryl methyl sites for hydroxylation is 1. The lowest BCUT2D eigenvalue weighted by Crippen LogP contribution is -2.26. The molecule has 3 rings (SSSR count). The van der Waals surface area contributed by atoms with E-state index < -0.39 is 10.0 Å². The maximum atomic E-state index is 12.7. The Morgan fingerprint density at radius 2 is 1.89 bits per heavy atom. The van der Waals surface area contributed by atoms with Crippen LogP contribution in [0.1, 0.15) is 47.7 Å². The Morgan fingerprint density at radius 1 is 1.25 bits per heavy atom. The number of amides is 1. The average Bonchev–Trinajstić information content (AvgIpc) is 3.15. The Kier molecular flexibility index (Phi) is 5.60. The van der Waals surface area contributed by atoms with Gasteiger partial charge in [-0.3, -0.25) is 9.48 Å². The molecule has 0 aliphatic rings. The van der Waals surface area contributed by atoms with E-state index in [2.05, 4.69) is 24.3 Å². The summed E-state index contributed by atoms with van der Waals surface area (Å²) >= 11 is 1.43. The van der Waals surface area contributed by atoms with Crippen molar-refractivity contribution in [3.05, 3.63) is 46.5 Å². The molecule has 0 spiro atoms. The first-order valence-corrected chi connectivity index (χ1v) is 11.3. The van der Waals surface area contributed by atoms with Crippen molar-refractivity contribution in [2.75, 3.05) is 0 Å². The number of hydrogen-bond acceptors (Lipinski definition) is 5. The highest BCUT2D eigenvalue weighted by Crippen LogP contribution is 2.29. The minimum Gasteiger partial charge on any atom is -0.345 e. The van der Waals surface area contributed by atoms with Gasteiger partial charge in [0, 0.05) is 11.9 Å². The zero-order valence-electron chi connectivity index (χ0n) is 16.3. The molecule has 0 aliphatic heterocycles. The third-order valence-electron chi connectivity index (χ3n) is 4.43. The lowest BCUT2D eigenvalue weighted by atomic mass is 10.1. The van der Waals surface area contributed by atoms with Crippen molar-refractivity contribution in [3.8, 4) is 0 Å². The van der Waals surface area contributed by atoms with Crippen molar-refractivity contribution in [2.24, 2.45) is 11.1 Å². The number of carbonyl (C=O) groups is 1. The quantitative estimate of drug-likeness (QED) is 0.638. The van der Waals surface area contributed by atoms with Crippen LogP contribution in [0.5, 0.6) is 0 Å². The number of nitrogens with one attached hydrogen (secondary N) is 1. The van der Waals surface area contributed by atoms with Crippen molar-refractivity contribution in [2.45, 2.75) is 45.2 Å². The summed E-state index contributed by atoms with van der Waals surface area (Å²) in [5, 5.41) is 13.6. The smallest absolute Gasteiger partial charge is 0.261 e. The van der Waals surface area contributed by atoms with Gasteiger partial charge in [-0.1, -0.05) is 26.0 Å². The van der Waals surface area contributed by atoms with Crippen LogP contribution in [0.4, 0.5) is 0 Å². The molecule has 3 N–H and O–H groups in total. The molecule has 0 saturated carbocycles. The normalized spacial score (nSPS) is 13.2. The number of aromatic nitrogens is 2. The monoisotopic (exact) mass is 420 g/mol. The van der Waals surface area contributed by atoms with Crippen molar-refractivity contribution >= 4 is 37.5 Å². The molecular formula is C19H24N4O3S2. The van der Waals surface area contributed by atoms with Gasteiger partial charge in [0.25, 0.3) is 5.91 Å². The number of thiophene rings is 1. The Hall–Kier alpha value is -2.23. The van der Waals surface area contributed by atoms with E-state index in [4.69, 9.17) is 5.14 Å². The second-order valence-corrected chi connectivity index (χ2v) is 9.89. The van der Waals surface area contributed by atoms with Gasteiger partial charge in [0.2, 0.25) is 10.0 Å². The molecule has 150 valence electrons. The van der Waals surface area contributed by atoms with E-state index in [1.807, 2.05) is 24.6 Å². The van der Waals surface area contributed by atoms with Gasteiger partial charge in [-0.2, -0.15) is 5.10 Å². The Bertz CT molecular complexity index is 1110. The van der Waals surface area contributed by atoms with Gasteiger partial charge in [-0.05, 0) is 43.5 Å². The van der Waals surface area contributed by atoms with Gasteiger partial charge in [0.05, 0.1) is 21.5 Å². The molecular weight excluding hydrogens is 396 g/mol. The van der Waals surface area contributed by atoms with Gasteiger partial charge in [-0.25, -0.2) is 13.6 Å². The van der Waals surface area contributed by atoms with Gasteiger partial charge in [0.15, 0.2) is 0 Å². The van der Waals surface area contributed by atoms with E-state index in [9.17, 15) is 13.2 Å². The summed E-state index contributed by atoms with van der Waals surface area (Å²) in [7, 11) is -3.73. The molecule has 0 aliphatic carbocycles. The standard InChI is InChI=1S/C19H24N4O3S2/c1-11(2)10-23-19-16(13(4)22-23)9-17(27-19)18(24)21-12(3)14-5-7-15(8-6-14)28(20,25)26/h5-9,11-12H,10H2,1-4H3,(H,21,24)(H2,20,25,26)/t12-/m0/s1. The molecule has 0 unspecified atom stereocenters. The van der Waals surface area contributed by atoms with Gasteiger partial charge < -0.3 is 5.32 Å². The first-order valence-electron chi connectivity index (χ1n) is 8.97. The minimum absolute atomic E-state index is 0.0458.